The van der Waals surface area contributed by atoms with Gasteiger partial charge in [0.05, 0.1) is 12.6 Å². The van der Waals surface area contributed by atoms with Crippen molar-refractivity contribution in [3.8, 4) is 0 Å². The van der Waals surface area contributed by atoms with Gasteiger partial charge < -0.3 is 42.7 Å². The number of hydrogen-bond acceptors (Lipinski definition) is 8. The Morgan fingerprint density at radius 2 is 1.39 bits per heavy atom. The first-order chi connectivity index (χ1) is 17.1. The molecule has 0 saturated carbocycles. The van der Waals surface area contributed by atoms with Crippen molar-refractivity contribution in [2.24, 2.45) is 11.5 Å². The fourth-order valence-corrected chi connectivity index (χ4v) is 3.27. The number of carbonyl (C=O) groups is 5. The molecule has 4 atom stereocenters. The van der Waals surface area contributed by atoms with Crippen molar-refractivity contribution in [2.45, 2.75) is 62.7 Å². The molecule has 0 aliphatic carbocycles. The van der Waals surface area contributed by atoms with Gasteiger partial charge in [-0.1, -0.05) is 30.3 Å². The Morgan fingerprint density at radius 1 is 0.806 bits per heavy atom. The number of carboxylic acids is 2. The number of benzene rings is 1. The number of amides is 3. The highest BCUT2D eigenvalue weighted by atomic mass is 16.4. The monoisotopic (exact) mass is 509 g/mol. The molecule has 0 aliphatic rings. The second-order valence-corrected chi connectivity index (χ2v) is 8.22. The third-order valence-electron chi connectivity index (χ3n) is 5.29. The van der Waals surface area contributed by atoms with E-state index in [-0.39, 0.29) is 19.3 Å². The van der Waals surface area contributed by atoms with E-state index >= 15 is 0 Å². The maximum absolute atomic E-state index is 12.9. The standard InChI is InChI=1S/C23H35N5O8/c24-11-5-4-8-16(26-20(32)15(25)12-14-6-2-1-3-7-14)21(33)28-18(13-29)22(34)27-17(23(35)36)9-10-19(30)31/h1-3,6-7,15-18,29H,4-5,8-13,24-25H2,(H,26,32)(H,27,34)(H,28,33)(H,30,31)(H,35,36). The number of aliphatic hydroxyl groups is 1. The number of carboxylic acid groups (broad SMARTS) is 2. The Balaban J connectivity index is 2.84. The zero-order valence-corrected chi connectivity index (χ0v) is 19.9. The molecule has 200 valence electrons. The lowest BCUT2D eigenvalue weighted by molar-refractivity contribution is -0.143. The predicted octanol–water partition coefficient (Wildman–Crippen LogP) is -1.92. The van der Waals surface area contributed by atoms with Crippen LogP contribution in [0.1, 0.15) is 37.7 Å². The van der Waals surface area contributed by atoms with Crippen LogP contribution in [0.4, 0.5) is 0 Å². The summed E-state index contributed by atoms with van der Waals surface area (Å²) in [7, 11) is 0. The van der Waals surface area contributed by atoms with E-state index in [0.717, 1.165) is 5.56 Å². The summed E-state index contributed by atoms with van der Waals surface area (Å²) in [6.45, 7) is -0.496. The van der Waals surface area contributed by atoms with Crippen LogP contribution in [0.3, 0.4) is 0 Å². The van der Waals surface area contributed by atoms with Gasteiger partial charge in [-0.3, -0.25) is 19.2 Å². The highest BCUT2D eigenvalue weighted by molar-refractivity contribution is 5.94. The Labute approximate surface area is 208 Å². The number of hydrogen-bond donors (Lipinski definition) is 8. The molecule has 3 amide bonds. The van der Waals surface area contributed by atoms with Crippen molar-refractivity contribution in [2.75, 3.05) is 13.2 Å². The highest BCUT2D eigenvalue weighted by Crippen LogP contribution is 2.06. The molecule has 0 aromatic heterocycles. The molecular formula is C23H35N5O8. The largest absolute Gasteiger partial charge is 0.481 e. The first-order valence-electron chi connectivity index (χ1n) is 11.5. The summed E-state index contributed by atoms with van der Waals surface area (Å²) in [4.78, 5) is 60.0. The topological polar surface area (TPSA) is 234 Å². The lowest BCUT2D eigenvalue weighted by Gasteiger charge is -2.24. The fraction of sp³-hybridized carbons (Fsp3) is 0.522. The van der Waals surface area contributed by atoms with Crippen LogP contribution in [0, 0.1) is 0 Å². The predicted molar refractivity (Wildman–Crippen MR) is 128 cm³/mol. The summed E-state index contributed by atoms with van der Waals surface area (Å²) in [6.07, 6.45) is 0.575. The molecule has 13 nitrogen and oxygen atoms in total. The first-order valence-corrected chi connectivity index (χ1v) is 11.5. The van der Waals surface area contributed by atoms with Crippen LogP contribution in [-0.4, -0.2) is 82.3 Å². The van der Waals surface area contributed by atoms with Gasteiger partial charge in [-0.2, -0.15) is 0 Å². The van der Waals surface area contributed by atoms with E-state index in [4.69, 9.17) is 16.6 Å². The number of nitrogens with two attached hydrogens (primary N) is 2. The maximum atomic E-state index is 12.9. The Kier molecular flexibility index (Phi) is 13.7. The van der Waals surface area contributed by atoms with E-state index in [9.17, 15) is 34.2 Å². The van der Waals surface area contributed by atoms with Gasteiger partial charge in [-0.15, -0.1) is 0 Å². The summed E-state index contributed by atoms with van der Waals surface area (Å²) < 4.78 is 0. The molecule has 0 radical (unpaired) electrons. The van der Waals surface area contributed by atoms with Gasteiger partial charge in [-0.25, -0.2) is 4.79 Å². The van der Waals surface area contributed by atoms with Crippen molar-refractivity contribution in [3.63, 3.8) is 0 Å². The first kappa shape index (κ1) is 30.5. The van der Waals surface area contributed by atoms with Crippen molar-refractivity contribution in [1.82, 2.24) is 16.0 Å². The van der Waals surface area contributed by atoms with Gasteiger partial charge in [-0.05, 0) is 44.2 Å². The average Bonchev–Trinajstić information content (AvgIpc) is 2.84. The van der Waals surface area contributed by atoms with Crippen LogP contribution in [-0.2, 0) is 30.4 Å². The Hall–Kier alpha value is -3.55. The molecule has 0 bridgehead atoms. The molecule has 0 spiro atoms. The van der Waals surface area contributed by atoms with Crippen LogP contribution < -0.4 is 27.4 Å². The fourth-order valence-electron chi connectivity index (χ4n) is 3.27. The Bertz CT molecular complexity index is 883. The minimum absolute atomic E-state index is 0.183. The highest BCUT2D eigenvalue weighted by Gasteiger charge is 2.30. The molecule has 1 aromatic rings. The molecule has 10 N–H and O–H groups in total. The lowest BCUT2D eigenvalue weighted by atomic mass is 10.0. The van der Waals surface area contributed by atoms with Crippen molar-refractivity contribution >= 4 is 29.7 Å². The third kappa shape index (κ3) is 11.3. The van der Waals surface area contributed by atoms with E-state index < -0.39 is 66.9 Å². The van der Waals surface area contributed by atoms with Crippen molar-refractivity contribution < 1.29 is 39.3 Å². The molecule has 36 heavy (non-hydrogen) atoms. The molecule has 1 rings (SSSR count). The number of unbranched alkanes of at least 4 members (excludes halogenated alkanes) is 1. The van der Waals surface area contributed by atoms with Gasteiger partial charge in [0.15, 0.2) is 0 Å². The van der Waals surface area contributed by atoms with Crippen LogP contribution in [0.2, 0.25) is 0 Å². The molecule has 13 heteroatoms. The van der Waals surface area contributed by atoms with Crippen LogP contribution >= 0.6 is 0 Å². The van der Waals surface area contributed by atoms with Gasteiger partial charge in [0.2, 0.25) is 17.7 Å². The van der Waals surface area contributed by atoms with Gasteiger partial charge in [0.1, 0.15) is 18.1 Å². The number of aliphatic carboxylic acids is 2. The van der Waals surface area contributed by atoms with E-state index in [1.165, 1.54) is 0 Å². The van der Waals surface area contributed by atoms with Crippen LogP contribution in [0.25, 0.3) is 0 Å². The summed E-state index contributed by atoms with van der Waals surface area (Å²) in [5.74, 6) is -5.09. The summed E-state index contributed by atoms with van der Waals surface area (Å²) in [5.41, 5.74) is 12.3. The lowest BCUT2D eigenvalue weighted by Crippen LogP contribution is -2.58. The van der Waals surface area contributed by atoms with Gasteiger partial charge in [0.25, 0.3) is 0 Å². The molecule has 0 heterocycles. The van der Waals surface area contributed by atoms with E-state index in [2.05, 4.69) is 16.0 Å². The molecular weight excluding hydrogens is 474 g/mol. The van der Waals surface area contributed by atoms with Gasteiger partial charge >= 0.3 is 11.9 Å². The molecule has 0 saturated heterocycles. The molecule has 1 aromatic carbocycles. The average molecular weight is 510 g/mol. The zero-order chi connectivity index (χ0) is 27.1. The second kappa shape index (κ2) is 16.2. The number of carbonyl (C=O) groups excluding carboxylic acids is 3. The maximum Gasteiger partial charge on any atom is 0.326 e. The number of nitrogens with one attached hydrogen (secondary N) is 3. The minimum Gasteiger partial charge on any atom is -0.481 e. The van der Waals surface area contributed by atoms with Crippen LogP contribution in [0.5, 0.6) is 0 Å². The third-order valence-corrected chi connectivity index (χ3v) is 5.29. The minimum atomic E-state index is -1.53. The number of rotatable bonds is 17. The van der Waals surface area contributed by atoms with Crippen LogP contribution in [0.15, 0.2) is 30.3 Å². The normalized spacial score (nSPS) is 14.1. The Morgan fingerprint density at radius 3 is 1.94 bits per heavy atom. The molecule has 4 unspecified atom stereocenters. The van der Waals surface area contributed by atoms with E-state index in [1.807, 2.05) is 18.2 Å². The molecule has 0 fully saturated rings. The smallest absolute Gasteiger partial charge is 0.326 e. The summed E-state index contributed by atoms with van der Waals surface area (Å²) in [5, 5.41) is 34.5. The summed E-state index contributed by atoms with van der Waals surface area (Å²) >= 11 is 0. The quantitative estimate of drug-likeness (QED) is 0.108. The van der Waals surface area contributed by atoms with E-state index in [0.29, 0.717) is 19.4 Å². The van der Waals surface area contributed by atoms with E-state index in [1.54, 1.807) is 12.1 Å². The van der Waals surface area contributed by atoms with Crippen molar-refractivity contribution in [1.29, 1.82) is 0 Å². The number of aliphatic hydroxyl groups excluding tert-OH is 1. The van der Waals surface area contributed by atoms with Crippen molar-refractivity contribution in [3.05, 3.63) is 35.9 Å². The zero-order valence-electron chi connectivity index (χ0n) is 19.9. The SMILES string of the molecule is NCCCCC(NC(=O)C(N)Cc1ccccc1)C(=O)NC(CO)C(=O)NC(CCC(=O)O)C(=O)O. The molecule has 0 aliphatic heterocycles. The van der Waals surface area contributed by atoms with Gasteiger partial charge in [0, 0.05) is 6.42 Å². The second-order valence-electron chi connectivity index (χ2n) is 8.22. The summed E-state index contributed by atoms with van der Waals surface area (Å²) in [6, 6.07) is 3.96.